The summed E-state index contributed by atoms with van der Waals surface area (Å²) in [6.45, 7) is 5.35. The van der Waals surface area contributed by atoms with Gasteiger partial charge in [-0.15, -0.1) is 11.3 Å². The molecule has 1 aromatic heterocycles. The Hall–Kier alpha value is -0.430. The quantitative estimate of drug-likeness (QED) is 0.848. The Kier molecular flexibility index (Phi) is 5.00. The molecular formula is C13H22N2O2S2. The van der Waals surface area contributed by atoms with E-state index in [1.807, 2.05) is 19.2 Å². The van der Waals surface area contributed by atoms with E-state index < -0.39 is 10.0 Å². The van der Waals surface area contributed by atoms with Crippen LogP contribution in [0.4, 0.5) is 0 Å². The lowest BCUT2D eigenvalue weighted by atomic mass is 10.3. The van der Waals surface area contributed by atoms with Crippen LogP contribution in [0.5, 0.6) is 0 Å². The minimum atomic E-state index is -3.37. The second-order valence-corrected chi connectivity index (χ2v) is 7.67. The van der Waals surface area contributed by atoms with Crippen LogP contribution in [0, 0.1) is 6.92 Å². The van der Waals surface area contributed by atoms with E-state index >= 15 is 0 Å². The standard InChI is InChI=1S/C13H22N2O2S2/c1-3-14-8-12-13(10(2)9-18-12)19(16,17)15-11-6-4-5-7-11/h9,11,14-15H,3-8H2,1-2H3. The average molecular weight is 302 g/mol. The van der Waals surface area contributed by atoms with Gasteiger partial charge in [0.25, 0.3) is 0 Å². The Balaban J connectivity index is 2.20. The number of rotatable bonds is 6. The van der Waals surface area contributed by atoms with Crippen LogP contribution < -0.4 is 10.0 Å². The van der Waals surface area contributed by atoms with Gasteiger partial charge in [0.1, 0.15) is 4.90 Å². The minimum absolute atomic E-state index is 0.122. The number of nitrogens with one attached hydrogen (secondary N) is 2. The zero-order valence-corrected chi connectivity index (χ0v) is 13.2. The normalized spacial score (nSPS) is 17.2. The lowest BCUT2D eigenvalue weighted by molar-refractivity contribution is 0.550. The second kappa shape index (κ2) is 6.35. The third-order valence-corrected chi connectivity index (χ3v) is 6.45. The van der Waals surface area contributed by atoms with Crippen LogP contribution in [0.3, 0.4) is 0 Å². The molecule has 1 aliphatic rings. The zero-order valence-electron chi connectivity index (χ0n) is 11.5. The van der Waals surface area contributed by atoms with Crippen molar-refractivity contribution < 1.29 is 8.42 Å². The summed E-state index contributed by atoms with van der Waals surface area (Å²) in [5.74, 6) is 0. The molecule has 0 saturated heterocycles. The molecule has 6 heteroatoms. The van der Waals surface area contributed by atoms with Crippen LogP contribution in [0.15, 0.2) is 10.3 Å². The van der Waals surface area contributed by atoms with Crippen molar-refractivity contribution in [2.45, 2.75) is 57.0 Å². The lowest BCUT2D eigenvalue weighted by Crippen LogP contribution is -2.33. The van der Waals surface area contributed by atoms with Gasteiger partial charge >= 0.3 is 0 Å². The SMILES string of the molecule is CCNCc1scc(C)c1S(=O)(=O)NC1CCCC1. The van der Waals surface area contributed by atoms with E-state index in [2.05, 4.69) is 10.0 Å². The van der Waals surface area contributed by atoms with Gasteiger partial charge in [-0.2, -0.15) is 0 Å². The minimum Gasteiger partial charge on any atom is -0.312 e. The first-order valence-electron chi connectivity index (χ1n) is 6.84. The van der Waals surface area contributed by atoms with Gasteiger partial charge in [-0.3, -0.25) is 0 Å². The molecule has 0 spiro atoms. The van der Waals surface area contributed by atoms with Gasteiger partial charge < -0.3 is 5.32 Å². The van der Waals surface area contributed by atoms with Crippen LogP contribution in [0.2, 0.25) is 0 Å². The Labute approximate surface area is 119 Å². The molecule has 0 atom stereocenters. The molecule has 0 bridgehead atoms. The summed E-state index contributed by atoms with van der Waals surface area (Å²) in [6, 6.07) is 0.122. The highest BCUT2D eigenvalue weighted by Gasteiger charge is 2.27. The maximum atomic E-state index is 12.5. The first kappa shape index (κ1) is 15.0. The third kappa shape index (κ3) is 3.56. The molecular weight excluding hydrogens is 280 g/mol. The Morgan fingerprint density at radius 1 is 1.37 bits per heavy atom. The highest BCUT2D eigenvalue weighted by molar-refractivity contribution is 7.89. The lowest BCUT2D eigenvalue weighted by Gasteiger charge is -2.14. The van der Waals surface area contributed by atoms with E-state index in [4.69, 9.17) is 0 Å². The molecule has 1 fully saturated rings. The first-order valence-corrected chi connectivity index (χ1v) is 9.21. The monoisotopic (exact) mass is 302 g/mol. The number of sulfonamides is 1. The van der Waals surface area contributed by atoms with E-state index in [0.717, 1.165) is 42.7 Å². The fourth-order valence-corrected chi connectivity index (χ4v) is 5.62. The summed E-state index contributed by atoms with van der Waals surface area (Å²) in [6.07, 6.45) is 4.18. The predicted molar refractivity (Wildman–Crippen MR) is 79.0 cm³/mol. The van der Waals surface area contributed by atoms with E-state index in [9.17, 15) is 8.42 Å². The molecule has 1 heterocycles. The van der Waals surface area contributed by atoms with Crippen LogP contribution in [0.1, 0.15) is 43.0 Å². The first-order chi connectivity index (χ1) is 9.04. The number of hydrogen-bond acceptors (Lipinski definition) is 4. The van der Waals surface area contributed by atoms with Crippen molar-refractivity contribution in [3.8, 4) is 0 Å². The van der Waals surface area contributed by atoms with Gasteiger partial charge in [0.15, 0.2) is 0 Å². The van der Waals surface area contributed by atoms with E-state index in [1.54, 1.807) is 0 Å². The summed E-state index contributed by atoms with van der Waals surface area (Å²) < 4.78 is 27.9. The summed E-state index contributed by atoms with van der Waals surface area (Å²) in [4.78, 5) is 1.40. The van der Waals surface area contributed by atoms with Crippen molar-refractivity contribution in [3.63, 3.8) is 0 Å². The Morgan fingerprint density at radius 3 is 2.68 bits per heavy atom. The van der Waals surface area contributed by atoms with Gasteiger partial charge in [-0.25, -0.2) is 13.1 Å². The molecule has 0 aromatic carbocycles. The van der Waals surface area contributed by atoms with Gasteiger partial charge in [-0.1, -0.05) is 19.8 Å². The van der Waals surface area contributed by atoms with Crippen LogP contribution in [0.25, 0.3) is 0 Å². The number of aryl methyl sites for hydroxylation is 1. The van der Waals surface area contributed by atoms with E-state index in [-0.39, 0.29) is 6.04 Å². The number of thiophene rings is 1. The van der Waals surface area contributed by atoms with Gasteiger partial charge in [-0.05, 0) is 37.3 Å². The molecule has 19 heavy (non-hydrogen) atoms. The predicted octanol–water partition coefficient (Wildman–Crippen LogP) is 2.39. The van der Waals surface area contributed by atoms with Crippen molar-refractivity contribution in [3.05, 3.63) is 15.8 Å². The molecule has 1 aliphatic carbocycles. The smallest absolute Gasteiger partial charge is 0.242 e. The Morgan fingerprint density at radius 2 is 2.05 bits per heavy atom. The van der Waals surface area contributed by atoms with Crippen LogP contribution >= 0.6 is 11.3 Å². The highest BCUT2D eigenvalue weighted by Crippen LogP contribution is 2.28. The fourth-order valence-electron chi connectivity index (χ4n) is 2.53. The topological polar surface area (TPSA) is 58.2 Å². The molecule has 0 radical (unpaired) electrons. The second-order valence-electron chi connectivity index (χ2n) is 5.05. The fraction of sp³-hybridized carbons (Fsp3) is 0.692. The molecule has 2 rings (SSSR count). The largest absolute Gasteiger partial charge is 0.312 e. The van der Waals surface area contributed by atoms with Crippen molar-refractivity contribution in [1.29, 1.82) is 0 Å². The van der Waals surface area contributed by atoms with Gasteiger partial charge in [0.2, 0.25) is 10.0 Å². The maximum absolute atomic E-state index is 12.5. The van der Waals surface area contributed by atoms with Crippen molar-refractivity contribution in [2.75, 3.05) is 6.54 Å². The molecule has 4 nitrogen and oxygen atoms in total. The zero-order chi connectivity index (χ0) is 13.9. The summed E-state index contributed by atoms with van der Waals surface area (Å²) in [5.41, 5.74) is 0.850. The Bertz CT molecular complexity index is 517. The summed E-state index contributed by atoms with van der Waals surface area (Å²) in [7, 11) is -3.37. The van der Waals surface area contributed by atoms with Crippen LogP contribution in [-0.4, -0.2) is 21.0 Å². The molecule has 0 amide bonds. The van der Waals surface area contributed by atoms with Crippen molar-refractivity contribution >= 4 is 21.4 Å². The van der Waals surface area contributed by atoms with Gasteiger partial charge in [0.05, 0.1) is 0 Å². The maximum Gasteiger partial charge on any atom is 0.242 e. The summed E-state index contributed by atoms with van der Waals surface area (Å²) in [5, 5.41) is 5.13. The average Bonchev–Trinajstić information content (AvgIpc) is 2.95. The molecule has 108 valence electrons. The van der Waals surface area contributed by atoms with E-state index in [1.165, 1.54) is 11.3 Å². The highest BCUT2D eigenvalue weighted by atomic mass is 32.2. The molecule has 1 saturated carbocycles. The van der Waals surface area contributed by atoms with Crippen molar-refractivity contribution in [2.24, 2.45) is 0 Å². The summed E-state index contributed by atoms with van der Waals surface area (Å²) >= 11 is 1.52. The van der Waals surface area contributed by atoms with Crippen molar-refractivity contribution in [1.82, 2.24) is 10.0 Å². The van der Waals surface area contributed by atoms with Crippen LogP contribution in [-0.2, 0) is 16.6 Å². The molecule has 0 aliphatic heterocycles. The molecule has 1 aromatic rings. The molecule has 2 N–H and O–H groups in total. The number of hydrogen-bond donors (Lipinski definition) is 2. The third-order valence-electron chi connectivity index (χ3n) is 3.47. The van der Waals surface area contributed by atoms with Gasteiger partial charge in [0, 0.05) is 17.5 Å². The van der Waals surface area contributed by atoms with E-state index in [0.29, 0.717) is 11.4 Å². The molecule has 0 unspecified atom stereocenters.